The van der Waals surface area contributed by atoms with Crippen molar-refractivity contribution < 1.29 is 18.3 Å². The Hall–Kier alpha value is -3.27. The SMILES string of the molecule is Cc1cc(Nc2nccc(C(F)(F)F)n2)cc(-c2cnc(NCC(C)(C)O)nc2)c1. The smallest absolute Gasteiger partial charge is 0.389 e. The quantitative estimate of drug-likeness (QED) is 0.552. The molecule has 0 radical (unpaired) electrons. The predicted octanol–water partition coefficient (Wildman–Crippen LogP) is 4.19. The van der Waals surface area contributed by atoms with Crippen molar-refractivity contribution in [2.24, 2.45) is 0 Å². The van der Waals surface area contributed by atoms with Crippen molar-refractivity contribution in [1.29, 1.82) is 0 Å². The van der Waals surface area contributed by atoms with Crippen LogP contribution < -0.4 is 10.6 Å². The van der Waals surface area contributed by atoms with Gasteiger partial charge in [0.25, 0.3) is 0 Å². The highest BCUT2D eigenvalue weighted by molar-refractivity contribution is 5.70. The summed E-state index contributed by atoms with van der Waals surface area (Å²) < 4.78 is 38.6. The largest absolute Gasteiger partial charge is 0.433 e. The van der Waals surface area contributed by atoms with Crippen molar-refractivity contribution in [3.63, 3.8) is 0 Å². The van der Waals surface area contributed by atoms with Gasteiger partial charge in [-0.15, -0.1) is 0 Å². The lowest BCUT2D eigenvalue weighted by molar-refractivity contribution is -0.141. The summed E-state index contributed by atoms with van der Waals surface area (Å²) in [6.45, 7) is 5.50. The first kappa shape index (κ1) is 21.4. The van der Waals surface area contributed by atoms with Crippen LogP contribution in [0, 0.1) is 6.92 Å². The number of nitrogens with one attached hydrogen (secondary N) is 2. The number of aliphatic hydroxyl groups is 1. The molecule has 3 N–H and O–H groups in total. The molecule has 10 heteroatoms. The third-order valence-corrected chi connectivity index (χ3v) is 3.94. The lowest BCUT2D eigenvalue weighted by Crippen LogP contribution is -2.29. The molecule has 30 heavy (non-hydrogen) atoms. The van der Waals surface area contributed by atoms with E-state index in [1.807, 2.05) is 13.0 Å². The Labute approximate surface area is 171 Å². The number of alkyl halides is 3. The number of halogens is 3. The molecule has 0 unspecified atom stereocenters. The number of hydrogen-bond acceptors (Lipinski definition) is 7. The van der Waals surface area contributed by atoms with Crippen LogP contribution in [-0.2, 0) is 6.18 Å². The van der Waals surface area contributed by atoms with Crippen LogP contribution in [0.5, 0.6) is 0 Å². The predicted molar refractivity (Wildman–Crippen MR) is 107 cm³/mol. The summed E-state index contributed by atoms with van der Waals surface area (Å²) in [6.07, 6.45) is -0.240. The summed E-state index contributed by atoms with van der Waals surface area (Å²) in [7, 11) is 0. The number of aryl methyl sites for hydroxylation is 1. The van der Waals surface area contributed by atoms with Gasteiger partial charge in [0.1, 0.15) is 5.69 Å². The summed E-state index contributed by atoms with van der Waals surface area (Å²) in [5.74, 6) is 0.230. The number of anilines is 3. The first-order valence-corrected chi connectivity index (χ1v) is 9.07. The van der Waals surface area contributed by atoms with Crippen LogP contribution in [-0.4, -0.2) is 37.2 Å². The third-order valence-electron chi connectivity index (χ3n) is 3.94. The minimum absolute atomic E-state index is 0.149. The zero-order valence-corrected chi connectivity index (χ0v) is 16.6. The van der Waals surface area contributed by atoms with Gasteiger partial charge in [0.15, 0.2) is 0 Å². The summed E-state index contributed by atoms with van der Waals surface area (Å²) >= 11 is 0. The van der Waals surface area contributed by atoms with E-state index in [4.69, 9.17) is 0 Å². The van der Waals surface area contributed by atoms with Gasteiger partial charge in [-0.2, -0.15) is 13.2 Å². The van der Waals surface area contributed by atoms with Gasteiger partial charge in [-0.1, -0.05) is 6.07 Å². The Balaban J connectivity index is 1.80. The molecule has 0 amide bonds. The molecule has 0 aliphatic carbocycles. The normalized spacial score (nSPS) is 12.0. The fourth-order valence-corrected chi connectivity index (χ4v) is 2.59. The molecule has 0 aliphatic heterocycles. The molecule has 0 saturated carbocycles. The van der Waals surface area contributed by atoms with E-state index < -0.39 is 17.5 Å². The Kier molecular flexibility index (Phi) is 5.88. The lowest BCUT2D eigenvalue weighted by Gasteiger charge is -2.17. The second kappa shape index (κ2) is 8.23. The summed E-state index contributed by atoms with van der Waals surface area (Å²) in [5, 5.41) is 15.5. The first-order chi connectivity index (χ1) is 14.0. The van der Waals surface area contributed by atoms with Crippen LogP contribution in [0.25, 0.3) is 11.1 Å². The molecule has 0 aliphatic rings. The highest BCUT2D eigenvalue weighted by atomic mass is 19.4. The zero-order valence-electron chi connectivity index (χ0n) is 16.6. The van der Waals surface area contributed by atoms with E-state index in [1.54, 1.807) is 38.4 Å². The van der Waals surface area contributed by atoms with E-state index in [-0.39, 0.29) is 5.95 Å². The number of nitrogens with zero attached hydrogens (tertiary/aromatic N) is 4. The molecule has 1 aromatic carbocycles. The maximum Gasteiger partial charge on any atom is 0.433 e. The molecular formula is C20H21F3N6O. The number of rotatable bonds is 6. The van der Waals surface area contributed by atoms with Crippen molar-refractivity contribution >= 4 is 17.6 Å². The molecule has 158 valence electrons. The van der Waals surface area contributed by atoms with Crippen LogP contribution in [0.15, 0.2) is 42.9 Å². The monoisotopic (exact) mass is 418 g/mol. The Morgan fingerprint density at radius 3 is 2.30 bits per heavy atom. The maximum atomic E-state index is 12.9. The molecule has 2 heterocycles. The van der Waals surface area contributed by atoms with E-state index in [1.165, 1.54) is 0 Å². The van der Waals surface area contributed by atoms with Gasteiger partial charge in [-0.3, -0.25) is 0 Å². The van der Waals surface area contributed by atoms with Gasteiger partial charge in [0, 0.05) is 36.4 Å². The second-order valence-corrected chi connectivity index (χ2v) is 7.44. The van der Waals surface area contributed by atoms with Crippen LogP contribution in [0.3, 0.4) is 0 Å². The molecular weight excluding hydrogens is 397 g/mol. The van der Waals surface area contributed by atoms with Crippen LogP contribution >= 0.6 is 0 Å². The van der Waals surface area contributed by atoms with Gasteiger partial charge >= 0.3 is 6.18 Å². The van der Waals surface area contributed by atoms with E-state index in [2.05, 4.69) is 30.6 Å². The van der Waals surface area contributed by atoms with Gasteiger partial charge < -0.3 is 15.7 Å². The summed E-state index contributed by atoms with van der Waals surface area (Å²) in [4.78, 5) is 15.9. The number of benzene rings is 1. The molecule has 0 fully saturated rings. The van der Waals surface area contributed by atoms with Gasteiger partial charge in [-0.25, -0.2) is 19.9 Å². The summed E-state index contributed by atoms with van der Waals surface area (Å²) in [5.41, 5.74) is 0.999. The molecule has 0 spiro atoms. The summed E-state index contributed by atoms with van der Waals surface area (Å²) in [6, 6.07) is 6.24. The van der Waals surface area contributed by atoms with Crippen LogP contribution in [0.4, 0.5) is 30.8 Å². The van der Waals surface area contributed by atoms with Gasteiger partial charge in [0.2, 0.25) is 11.9 Å². The molecule has 3 aromatic rings. The van der Waals surface area contributed by atoms with Crippen LogP contribution in [0.1, 0.15) is 25.1 Å². The van der Waals surface area contributed by atoms with Gasteiger partial charge in [0.05, 0.1) is 5.60 Å². The molecule has 3 rings (SSSR count). The fraction of sp³-hybridized carbons (Fsp3) is 0.300. The first-order valence-electron chi connectivity index (χ1n) is 9.07. The Morgan fingerprint density at radius 1 is 0.967 bits per heavy atom. The molecule has 7 nitrogen and oxygen atoms in total. The van der Waals surface area contributed by atoms with E-state index in [0.717, 1.165) is 29.0 Å². The van der Waals surface area contributed by atoms with E-state index >= 15 is 0 Å². The highest BCUT2D eigenvalue weighted by Gasteiger charge is 2.32. The minimum atomic E-state index is -4.55. The molecule has 0 saturated heterocycles. The Bertz CT molecular complexity index is 1020. The number of aromatic nitrogens is 4. The number of hydrogen-bond donors (Lipinski definition) is 3. The minimum Gasteiger partial charge on any atom is -0.389 e. The van der Waals surface area contributed by atoms with Crippen molar-refractivity contribution in [1.82, 2.24) is 19.9 Å². The van der Waals surface area contributed by atoms with Crippen molar-refractivity contribution in [3.8, 4) is 11.1 Å². The molecule has 2 aromatic heterocycles. The van der Waals surface area contributed by atoms with E-state index in [9.17, 15) is 18.3 Å². The van der Waals surface area contributed by atoms with Crippen molar-refractivity contribution in [3.05, 3.63) is 54.1 Å². The second-order valence-electron chi connectivity index (χ2n) is 7.44. The fourth-order valence-electron chi connectivity index (χ4n) is 2.59. The molecule has 0 bridgehead atoms. The van der Waals surface area contributed by atoms with E-state index in [0.29, 0.717) is 18.2 Å². The average Bonchev–Trinajstić information content (AvgIpc) is 2.65. The van der Waals surface area contributed by atoms with Crippen molar-refractivity contribution in [2.45, 2.75) is 32.5 Å². The lowest BCUT2D eigenvalue weighted by atomic mass is 10.1. The zero-order chi connectivity index (χ0) is 21.9. The topological polar surface area (TPSA) is 95.9 Å². The third kappa shape index (κ3) is 5.86. The molecule has 0 atom stereocenters. The maximum absolute atomic E-state index is 12.9. The standard InChI is InChI=1S/C20H21F3N6O/c1-12-6-13(14-9-25-17(26-10-14)27-11-19(2,3)30)8-15(7-12)28-18-24-5-4-16(29-18)20(21,22)23/h4-10,30H,11H2,1-3H3,(H,24,28,29)(H,25,26,27). The van der Waals surface area contributed by atoms with Gasteiger partial charge in [-0.05, 0) is 50.1 Å². The van der Waals surface area contributed by atoms with Crippen LogP contribution in [0.2, 0.25) is 0 Å². The highest BCUT2D eigenvalue weighted by Crippen LogP contribution is 2.29. The Morgan fingerprint density at radius 2 is 1.67 bits per heavy atom. The average molecular weight is 418 g/mol. The van der Waals surface area contributed by atoms with Crippen molar-refractivity contribution in [2.75, 3.05) is 17.2 Å².